The normalized spacial score (nSPS) is 21.0. The van der Waals surface area contributed by atoms with E-state index >= 15 is 0 Å². The SMILES string of the molecule is CCC(C)C1=C(C(F)(F)F)C=C(N2C(=O)C(C)(C)N(c3ccc(-c4ccc(C(CC)CCCCOCC(=O)N[C@H](C(=O)N5CCC[C@H]5C(NCc5ccc(C6=C(C)CCC(C)=CS6)cc5)=C5CCCCC5)C(C)(C)C)cc4)cc3)C2S)CC1. The number of alkyl halides is 3. The van der Waals surface area contributed by atoms with Gasteiger partial charge >= 0.3 is 6.18 Å². The summed E-state index contributed by atoms with van der Waals surface area (Å²) in [4.78, 5) is 49.1. The van der Waals surface area contributed by atoms with Crippen LogP contribution in [0.3, 0.4) is 0 Å². The minimum Gasteiger partial charge on any atom is -0.383 e. The molecule has 3 unspecified atom stereocenters. The topological polar surface area (TPSA) is 94.2 Å². The van der Waals surface area contributed by atoms with Crippen molar-refractivity contribution in [2.75, 3.05) is 24.7 Å². The number of hydrogen-bond acceptors (Lipinski definition) is 8. The van der Waals surface area contributed by atoms with Crippen molar-refractivity contribution in [3.05, 3.63) is 140 Å². The Hall–Kier alpha value is -5.18. The number of thiol groups is 1. The molecule has 3 fully saturated rings. The molecule has 0 spiro atoms. The zero-order valence-corrected chi connectivity index (χ0v) is 52.8. The lowest BCUT2D eigenvalue weighted by molar-refractivity contribution is -0.140. The number of benzene rings is 3. The van der Waals surface area contributed by atoms with Crippen molar-refractivity contribution in [3.8, 4) is 11.1 Å². The number of carbonyl (C=O) groups excluding carboxylic acids is 3. The summed E-state index contributed by atoms with van der Waals surface area (Å²) in [5.74, 6) is -0.442. The minimum absolute atomic E-state index is 0.0303. The van der Waals surface area contributed by atoms with Gasteiger partial charge in [0.1, 0.15) is 18.2 Å². The molecule has 1 saturated carbocycles. The Kier molecular flexibility index (Phi) is 21.5. The largest absolute Gasteiger partial charge is 0.416 e. The first-order chi connectivity index (χ1) is 39.5. The smallest absolute Gasteiger partial charge is 0.383 e. The van der Waals surface area contributed by atoms with Crippen LogP contribution in [0.15, 0.2) is 124 Å². The van der Waals surface area contributed by atoms with Crippen LogP contribution in [0.5, 0.6) is 0 Å². The molecule has 2 aliphatic carbocycles. The predicted molar refractivity (Wildman–Crippen MR) is 338 cm³/mol. The van der Waals surface area contributed by atoms with Crippen molar-refractivity contribution >= 4 is 52.7 Å². The molecular formula is C69H92F3N5O4S2. The van der Waals surface area contributed by atoms with Gasteiger partial charge in [0.25, 0.3) is 5.91 Å². The van der Waals surface area contributed by atoms with E-state index in [1.165, 1.54) is 61.4 Å². The zero-order chi connectivity index (χ0) is 59.8. The van der Waals surface area contributed by atoms with E-state index in [-0.39, 0.29) is 42.7 Å². The highest BCUT2D eigenvalue weighted by atomic mass is 32.2. The lowest BCUT2D eigenvalue weighted by Gasteiger charge is -2.37. The van der Waals surface area contributed by atoms with Crippen molar-refractivity contribution in [2.24, 2.45) is 11.3 Å². The van der Waals surface area contributed by atoms with E-state index < -0.39 is 34.2 Å². The van der Waals surface area contributed by atoms with Crippen molar-refractivity contribution in [2.45, 2.75) is 214 Å². The van der Waals surface area contributed by atoms with Crippen LogP contribution >= 0.6 is 24.4 Å². The van der Waals surface area contributed by atoms with E-state index in [0.717, 1.165) is 93.9 Å². The number of hydrogen-bond donors (Lipinski definition) is 3. The highest BCUT2D eigenvalue weighted by molar-refractivity contribution is 8.11. The van der Waals surface area contributed by atoms with Gasteiger partial charge in [-0.1, -0.05) is 144 Å². The second kappa shape index (κ2) is 27.9. The van der Waals surface area contributed by atoms with E-state index in [9.17, 15) is 27.6 Å². The van der Waals surface area contributed by atoms with E-state index in [4.69, 9.17) is 17.4 Å². The maximum atomic E-state index is 14.7. The molecule has 3 aromatic carbocycles. The summed E-state index contributed by atoms with van der Waals surface area (Å²) < 4.78 is 49.1. The number of rotatable bonds is 21. The minimum atomic E-state index is -4.52. The van der Waals surface area contributed by atoms with Gasteiger partial charge in [0.05, 0.1) is 11.6 Å². The first-order valence-corrected chi connectivity index (χ1v) is 32.2. The van der Waals surface area contributed by atoms with Crippen LogP contribution in [-0.4, -0.2) is 76.6 Å². The van der Waals surface area contributed by atoms with Crippen LogP contribution in [0.25, 0.3) is 16.0 Å². The summed E-state index contributed by atoms with van der Waals surface area (Å²) >= 11 is 6.72. The monoisotopic (exact) mass is 1180 g/mol. The number of unbranched alkanes of at least 4 members (excludes halogenated alkanes) is 1. The van der Waals surface area contributed by atoms with Crippen molar-refractivity contribution < 1.29 is 32.3 Å². The third-order valence-electron chi connectivity index (χ3n) is 18.1. The quantitative estimate of drug-likeness (QED) is 0.0723. The number of ether oxygens (including phenoxy) is 1. The van der Waals surface area contributed by atoms with Gasteiger partial charge in [0.2, 0.25) is 11.8 Å². The van der Waals surface area contributed by atoms with Crippen LogP contribution in [0.1, 0.15) is 195 Å². The second-order valence-corrected chi connectivity index (χ2v) is 26.9. The molecule has 3 aliphatic heterocycles. The van der Waals surface area contributed by atoms with E-state index in [1.807, 2.05) is 80.4 Å². The molecule has 450 valence electrons. The zero-order valence-electron chi connectivity index (χ0n) is 51.1. The molecule has 83 heavy (non-hydrogen) atoms. The lowest BCUT2D eigenvalue weighted by Crippen LogP contribution is -2.57. The molecule has 9 nitrogen and oxygen atoms in total. The Bertz CT molecular complexity index is 2930. The molecule has 5 aliphatic rings. The average molecular weight is 1180 g/mol. The second-order valence-electron chi connectivity index (χ2n) is 25.5. The van der Waals surface area contributed by atoms with Crippen LogP contribution in [0.4, 0.5) is 18.9 Å². The van der Waals surface area contributed by atoms with Crippen molar-refractivity contribution in [1.29, 1.82) is 0 Å². The fourth-order valence-corrected chi connectivity index (χ4v) is 14.6. The predicted octanol–water partition coefficient (Wildman–Crippen LogP) is 16.9. The molecule has 0 bridgehead atoms. The number of likely N-dealkylation sites (tertiary alicyclic amines) is 1. The number of nitrogens with one attached hydrogen (secondary N) is 2. The van der Waals surface area contributed by atoms with Crippen molar-refractivity contribution in [1.82, 2.24) is 20.4 Å². The van der Waals surface area contributed by atoms with Crippen LogP contribution < -0.4 is 15.5 Å². The Morgan fingerprint density at radius 1 is 0.831 bits per heavy atom. The molecule has 0 radical (unpaired) electrons. The Balaban J connectivity index is 0.815. The first-order valence-electron chi connectivity index (χ1n) is 30.8. The van der Waals surface area contributed by atoms with E-state index in [2.05, 4.69) is 85.3 Å². The first kappa shape index (κ1) is 63.8. The molecule has 3 heterocycles. The van der Waals surface area contributed by atoms with Gasteiger partial charge in [-0.15, -0.1) is 12.6 Å². The number of amides is 3. The summed E-state index contributed by atoms with van der Waals surface area (Å²) in [6, 6.07) is 24.8. The maximum Gasteiger partial charge on any atom is 0.416 e. The van der Waals surface area contributed by atoms with Gasteiger partial charge in [-0.25, -0.2) is 0 Å². The molecule has 0 aromatic heterocycles. The molecule has 5 atom stereocenters. The highest BCUT2D eigenvalue weighted by Gasteiger charge is 2.53. The standard InChI is InChI=1S/C69H92F3N5O4S2/c1-11-46(4)57-38-37-56(41-58(57)69(70,71)72)76-65(80)68(9,10)77(66(76)82)55-35-33-52(34-36-55)51-31-29-50(30-32-51)49(12-2)19-16-17-40-81-43-60(78)74-63(67(6,7)8)64(79)75-39-18-22-59(75)61(53-20-14-13-15-21-53)73-42-48-25-27-54(28-26-48)62-47(5)24-23-45(3)44-83-62/h25-36,41,44,46,49,59,63,66,73,82H,11-24,37-40,42-43H2,1-10H3,(H,74,78)/t46?,49?,59-,63+,66?/m0/s1. The summed E-state index contributed by atoms with van der Waals surface area (Å²) in [5.41, 5.74) is 9.81. The van der Waals surface area contributed by atoms with Crippen LogP contribution in [0.2, 0.25) is 0 Å². The van der Waals surface area contributed by atoms with Gasteiger partial charge in [-0.2, -0.15) is 13.2 Å². The number of thioether (sulfide) groups is 1. The van der Waals surface area contributed by atoms with E-state index in [1.54, 1.807) is 13.8 Å². The molecule has 2 N–H and O–H groups in total. The van der Waals surface area contributed by atoms with Gasteiger partial charge in [0.15, 0.2) is 5.50 Å². The molecular weight excluding hydrogens is 1080 g/mol. The van der Waals surface area contributed by atoms with Crippen molar-refractivity contribution in [3.63, 3.8) is 0 Å². The Morgan fingerprint density at radius 3 is 2.13 bits per heavy atom. The van der Waals surface area contributed by atoms with Gasteiger partial charge in [-0.3, -0.25) is 19.3 Å². The number of halogens is 3. The molecule has 3 aromatic rings. The fraction of sp³-hybridized carbons (Fsp3) is 0.551. The van der Waals surface area contributed by atoms with Gasteiger partial charge in [-0.05, 0) is 192 Å². The van der Waals surface area contributed by atoms with E-state index in [0.29, 0.717) is 49.7 Å². The van der Waals surface area contributed by atoms with Gasteiger partial charge < -0.3 is 25.2 Å². The summed E-state index contributed by atoms with van der Waals surface area (Å²) in [6.45, 7) is 21.8. The highest BCUT2D eigenvalue weighted by Crippen LogP contribution is 2.46. The molecule has 14 heteroatoms. The molecule has 2 saturated heterocycles. The van der Waals surface area contributed by atoms with Gasteiger partial charge in [0, 0.05) is 41.7 Å². The Labute approximate surface area is 503 Å². The third-order valence-corrected chi connectivity index (χ3v) is 19.9. The van der Waals surface area contributed by atoms with Crippen LogP contribution in [-0.2, 0) is 25.7 Å². The fourth-order valence-electron chi connectivity index (χ4n) is 12.9. The summed E-state index contributed by atoms with van der Waals surface area (Å²) in [5, 5.41) is 9.31. The number of anilines is 1. The lowest BCUT2D eigenvalue weighted by atomic mass is 9.85. The number of carbonyl (C=O) groups is 3. The summed E-state index contributed by atoms with van der Waals surface area (Å²) in [7, 11) is 0. The summed E-state index contributed by atoms with van der Waals surface area (Å²) in [6.07, 6.45) is 11.2. The number of allylic oxidation sites excluding steroid dienone is 7. The third kappa shape index (κ3) is 15.3. The Morgan fingerprint density at radius 2 is 1.49 bits per heavy atom. The van der Waals surface area contributed by atoms with Crippen LogP contribution in [0, 0.1) is 11.3 Å². The molecule has 3 amide bonds. The number of nitrogens with zero attached hydrogens (tertiary/aromatic N) is 3. The average Bonchev–Trinajstić information content (AvgIpc) is 3.04. The maximum absolute atomic E-state index is 14.7. The molecule has 8 rings (SSSR count).